The number of aromatic nitrogens is 1. The lowest BCUT2D eigenvalue weighted by atomic mass is 10.2. The lowest BCUT2D eigenvalue weighted by Gasteiger charge is -2.04. The molecule has 0 spiro atoms. The van der Waals surface area contributed by atoms with Gasteiger partial charge in [-0.1, -0.05) is 34.1 Å². The Labute approximate surface area is 163 Å². The largest absolute Gasteiger partial charge is 0.504 e. The predicted octanol–water partition coefficient (Wildman–Crippen LogP) is 4.36. The minimum Gasteiger partial charge on any atom is -0.504 e. The van der Waals surface area contributed by atoms with Crippen LogP contribution in [-0.2, 0) is 0 Å². The Balaban J connectivity index is 2.06. The van der Waals surface area contributed by atoms with Gasteiger partial charge in [0.25, 0.3) is 0 Å². The molecule has 0 aliphatic heterocycles. The average molecular weight is 430 g/mol. The maximum atomic E-state index is 9.64. The number of hydrogen-bond acceptors (Lipinski definition) is 5. The zero-order valence-electron chi connectivity index (χ0n) is 13.7. The van der Waals surface area contributed by atoms with Gasteiger partial charge in [0, 0.05) is 15.4 Å². The highest BCUT2D eigenvalue weighted by molar-refractivity contribution is 9.10. The summed E-state index contributed by atoms with van der Waals surface area (Å²) in [6.45, 7) is 4.19. The molecule has 7 heteroatoms. The molecule has 0 aliphatic rings. The lowest BCUT2D eigenvalue weighted by molar-refractivity contribution is 0.403. The normalized spacial score (nSPS) is 12.0. The monoisotopic (exact) mass is 429 g/mol. The SMILES string of the molecule is C=CCN=c1scc(-c2ccc(Br)cc2)n1N=Cc1ccc(O)c(O)c1. The van der Waals surface area contributed by atoms with Crippen molar-refractivity contribution in [2.24, 2.45) is 10.1 Å². The van der Waals surface area contributed by atoms with E-state index in [1.807, 2.05) is 29.6 Å². The Morgan fingerprint density at radius 2 is 1.88 bits per heavy atom. The standard InChI is InChI=1S/C19H16BrN3O2S/c1-2-9-21-19-23(22-11-13-3-8-17(24)18(25)10-13)16(12-26-19)14-4-6-15(20)7-5-14/h2-8,10-12,24-25H,1,9H2. The molecular weight excluding hydrogens is 414 g/mol. The van der Waals surface area contributed by atoms with E-state index in [2.05, 4.69) is 32.6 Å². The maximum absolute atomic E-state index is 9.64. The Bertz CT molecular complexity index is 1020. The van der Waals surface area contributed by atoms with Crippen molar-refractivity contribution in [3.63, 3.8) is 0 Å². The van der Waals surface area contributed by atoms with E-state index in [4.69, 9.17) is 0 Å². The third kappa shape index (κ3) is 4.12. The molecule has 0 bridgehead atoms. The van der Waals surface area contributed by atoms with Crippen LogP contribution in [0, 0.1) is 0 Å². The van der Waals surface area contributed by atoms with Crippen LogP contribution >= 0.6 is 27.3 Å². The van der Waals surface area contributed by atoms with E-state index >= 15 is 0 Å². The van der Waals surface area contributed by atoms with Gasteiger partial charge in [0.05, 0.1) is 18.5 Å². The fourth-order valence-electron chi connectivity index (χ4n) is 2.23. The Kier molecular flexibility index (Phi) is 5.70. The zero-order chi connectivity index (χ0) is 18.5. The molecule has 2 aromatic carbocycles. The van der Waals surface area contributed by atoms with Crippen molar-refractivity contribution in [3.8, 4) is 22.8 Å². The fraction of sp³-hybridized carbons (Fsp3) is 0.0526. The van der Waals surface area contributed by atoms with Crippen LogP contribution in [-0.4, -0.2) is 27.6 Å². The van der Waals surface area contributed by atoms with E-state index in [9.17, 15) is 10.2 Å². The number of aromatic hydroxyl groups is 2. The first kappa shape index (κ1) is 18.2. The summed E-state index contributed by atoms with van der Waals surface area (Å²) < 4.78 is 2.75. The number of phenols is 2. The number of rotatable bonds is 5. The summed E-state index contributed by atoms with van der Waals surface area (Å²) in [6, 6.07) is 12.5. The first-order chi connectivity index (χ1) is 12.6. The molecule has 5 nitrogen and oxygen atoms in total. The molecule has 0 saturated carbocycles. The molecule has 26 heavy (non-hydrogen) atoms. The highest BCUT2D eigenvalue weighted by Crippen LogP contribution is 2.25. The number of halogens is 1. The van der Waals surface area contributed by atoms with Crippen LogP contribution in [0.2, 0.25) is 0 Å². The number of thiazole rings is 1. The second-order valence-corrected chi connectivity index (χ2v) is 7.10. The lowest BCUT2D eigenvalue weighted by Crippen LogP contribution is -2.12. The Morgan fingerprint density at radius 1 is 1.12 bits per heavy atom. The van der Waals surface area contributed by atoms with Crippen molar-refractivity contribution in [1.29, 1.82) is 0 Å². The van der Waals surface area contributed by atoms with Crippen LogP contribution in [0.25, 0.3) is 11.3 Å². The van der Waals surface area contributed by atoms with Crippen LogP contribution in [0.5, 0.6) is 11.5 Å². The van der Waals surface area contributed by atoms with E-state index in [1.54, 1.807) is 23.0 Å². The molecule has 0 atom stereocenters. The highest BCUT2D eigenvalue weighted by atomic mass is 79.9. The van der Waals surface area contributed by atoms with Crippen molar-refractivity contribution < 1.29 is 10.2 Å². The van der Waals surface area contributed by atoms with E-state index in [1.165, 1.54) is 23.5 Å². The number of phenolic OH excluding ortho intramolecular Hbond substituents is 2. The molecule has 132 valence electrons. The third-order valence-corrected chi connectivity index (χ3v) is 4.89. The van der Waals surface area contributed by atoms with Gasteiger partial charge in [-0.2, -0.15) is 5.10 Å². The van der Waals surface area contributed by atoms with Crippen LogP contribution in [0.15, 0.2) is 75.1 Å². The molecular formula is C19H16BrN3O2S. The molecule has 0 unspecified atom stereocenters. The summed E-state index contributed by atoms with van der Waals surface area (Å²) in [7, 11) is 0. The number of nitrogens with zero attached hydrogens (tertiary/aromatic N) is 3. The van der Waals surface area contributed by atoms with E-state index in [-0.39, 0.29) is 11.5 Å². The Hall–Kier alpha value is -2.64. The van der Waals surface area contributed by atoms with Crippen LogP contribution in [0.1, 0.15) is 5.56 Å². The van der Waals surface area contributed by atoms with E-state index in [0.29, 0.717) is 12.1 Å². The molecule has 2 N–H and O–H groups in total. The summed E-state index contributed by atoms with van der Waals surface area (Å²) in [4.78, 5) is 5.22. The second-order valence-electron chi connectivity index (χ2n) is 5.34. The first-order valence-corrected chi connectivity index (χ1v) is 9.40. The van der Waals surface area contributed by atoms with Gasteiger partial charge in [0.2, 0.25) is 4.80 Å². The van der Waals surface area contributed by atoms with E-state index < -0.39 is 0 Å². The molecule has 0 saturated heterocycles. The molecule has 0 radical (unpaired) electrons. The van der Waals surface area contributed by atoms with Gasteiger partial charge in [-0.3, -0.25) is 4.99 Å². The van der Waals surface area contributed by atoms with Gasteiger partial charge in [-0.05, 0) is 35.9 Å². The zero-order valence-corrected chi connectivity index (χ0v) is 16.1. The third-order valence-electron chi connectivity index (χ3n) is 3.50. The summed E-state index contributed by atoms with van der Waals surface area (Å²) in [5, 5.41) is 25.6. The van der Waals surface area contributed by atoms with Crippen molar-refractivity contribution in [1.82, 2.24) is 4.68 Å². The summed E-state index contributed by atoms with van der Waals surface area (Å²) in [5.41, 5.74) is 2.58. The number of hydrogen-bond donors (Lipinski definition) is 2. The highest BCUT2D eigenvalue weighted by Gasteiger charge is 2.07. The minimum absolute atomic E-state index is 0.164. The smallest absolute Gasteiger partial charge is 0.206 e. The molecule has 0 amide bonds. The van der Waals surface area contributed by atoms with Crippen LogP contribution in [0.4, 0.5) is 0 Å². The summed E-state index contributed by atoms with van der Waals surface area (Å²) in [5.74, 6) is -0.350. The van der Waals surface area contributed by atoms with Gasteiger partial charge in [-0.25, -0.2) is 4.68 Å². The average Bonchev–Trinajstić information content (AvgIpc) is 3.04. The Morgan fingerprint density at radius 3 is 2.58 bits per heavy atom. The van der Waals surface area contributed by atoms with Gasteiger partial charge in [0.1, 0.15) is 0 Å². The van der Waals surface area contributed by atoms with E-state index in [0.717, 1.165) is 20.5 Å². The minimum atomic E-state index is -0.186. The van der Waals surface area contributed by atoms with Crippen molar-refractivity contribution in [2.75, 3.05) is 6.54 Å². The molecule has 3 rings (SSSR count). The fourth-order valence-corrected chi connectivity index (χ4v) is 3.34. The summed E-state index contributed by atoms with van der Waals surface area (Å²) >= 11 is 4.93. The second kappa shape index (κ2) is 8.16. The number of benzene rings is 2. The molecule has 1 aromatic heterocycles. The maximum Gasteiger partial charge on any atom is 0.206 e. The van der Waals surface area contributed by atoms with Gasteiger partial charge in [0.15, 0.2) is 11.5 Å². The van der Waals surface area contributed by atoms with Gasteiger partial charge in [-0.15, -0.1) is 17.9 Å². The van der Waals surface area contributed by atoms with Crippen LogP contribution < -0.4 is 4.80 Å². The van der Waals surface area contributed by atoms with Crippen molar-refractivity contribution in [3.05, 3.63) is 75.3 Å². The quantitative estimate of drug-likeness (QED) is 0.359. The first-order valence-electron chi connectivity index (χ1n) is 7.72. The molecule has 0 aliphatic carbocycles. The predicted molar refractivity (Wildman–Crippen MR) is 109 cm³/mol. The van der Waals surface area contributed by atoms with Gasteiger partial charge >= 0.3 is 0 Å². The van der Waals surface area contributed by atoms with Gasteiger partial charge < -0.3 is 10.2 Å². The van der Waals surface area contributed by atoms with Crippen LogP contribution in [0.3, 0.4) is 0 Å². The molecule has 1 heterocycles. The summed E-state index contributed by atoms with van der Waals surface area (Å²) in [6.07, 6.45) is 3.34. The molecule has 0 fully saturated rings. The van der Waals surface area contributed by atoms with Crippen molar-refractivity contribution in [2.45, 2.75) is 0 Å². The topological polar surface area (TPSA) is 70.1 Å². The molecule has 3 aromatic rings. The van der Waals surface area contributed by atoms with Crippen molar-refractivity contribution >= 4 is 33.5 Å².